The summed E-state index contributed by atoms with van der Waals surface area (Å²) in [4.78, 5) is 63.8. The molecular formula is C41H50N10O4. The van der Waals surface area contributed by atoms with Crippen LogP contribution in [0.2, 0.25) is 0 Å². The molecule has 0 radical (unpaired) electrons. The van der Waals surface area contributed by atoms with Gasteiger partial charge in [-0.3, -0.25) is 14.6 Å². The Morgan fingerprint density at radius 3 is 1.84 bits per heavy atom. The van der Waals surface area contributed by atoms with Crippen molar-refractivity contribution in [3.63, 3.8) is 0 Å². The number of hydrogen-bond acceptors (Lipinski definition) is 9. The van der Waals surface area contributed by atoms with Crippen LogP contribution in [0.5, 0.6) is 0 Å². The molecule has 2 saturated heterocycles. The maximum Gasteiger partial charge on any atom is 0.405 e. The van der Waals surface area contributed by atoms with Crippen molar-refractivity contribution < 1.29 is 19.1 Å². The smallest absolute Gasteiger partial charge is 0.405 e. The fraction of sp³-hybridized carbons (Fsp3) is 0.463. The number of likely N-dealkylation sites (tertiary alicyclic amines) is 2. The summed E-state index contributed by atoms with van der Waals surface area (Å²) in [7, 11) is 0. The van der Waals surface area contributed by atoms with Gasteiger partial charge in [-0.2, -0.15) is 0 Å². The van der Waals surface area contributed by atoms with Crippen LogP contribution in [0.4, 0.5) is 4.79 Å². The van der Waals surface area contributed by atoms with Crippen LogP contribution in [0, 0.1) is 11.8 Å². The van der Waals surface area contributed by atoms with E-state index in [9.17, 15) is 14.4 Å². The van der Waals surface area contributed by atoms with Crippen molar-refractivity contribution in [2.45, 2.75) is 83.0 Å². The second-order valence-electron chi connectivity index (χ2n) is 15.7. The molecule has 4 aliphatic rings. The lowest BCUT2D eigenvalue weighted by atomic mass is 9.97. The van der Waals surface area contributed by atoms with Crippen LogP contribution in [0.25, 0.3) is 33.6 Å². The molecule has 14 heteroatoms. The van der Waals surface area contributed by atoms with Gasteiger partial charge in [0.1, 0.15) is 17.7 Å². The molecule has 2 aromatic carbocycles. The zero-order valence-electron chi connectivity index (χ0n) is 31.7. The van der Waals surface area contributed by atoms with Crippen molar-refractivity contribution >= 4 is 23.9 Å². The highest BCUT2D eigenvalue weighted by atomic mass is 16.6. The molecular weight excluding hydrogens is 697 g/mol. The van der Waals surface area contributed by atoms with Crippen LogP contribution < -0.4 is 16.4 Å². The number of amides is 3. The van der Waals surface area contributed by atoms with Crippen molar-refractivity contribution in [1.29, 1.82) is 0 Å². The van der Waals surface area contributed by atoms with Crippen molar-refractivity contribution in [1.82, 2.24) is 40.4 Å². The molecule has 55 heavy (non-hydrogen) atoms. The molecule has 3 amide bonds. The van der Waals surface area contributed by atoms with Gasteiger partial charge in [-0.05, 0) is 73.6 Å². The van der Waals surface area contributed by atoms with Crippen molar-refractivity contribution in [3.05, 3.63) is 72.6 Å². The predicted octanol–water partition coefficient (Wildman–Crippen LogP) is 5.30. The zero-order chi connectivity index (χ0) is 38.3. The molecule has 1 saturated carbocycles. The van der Waals surface area contributed by atoms with Crippen LogP contribution in [0.15, 0.2) is 65.9 Å². The Kier molecular flexibility index (Phi) is 9.82. The molecule has 0 unspecified atom stereocenters. The minimum atomic E-state index is -1.25. The lowest BCUT2D eigenvalue weighted by Crippen LogP contribution is -2.53. The number of aliphatic imine (C=N–C) groups is 1. The van der Waals surface area contributed by atoms with E-state index >= 15 is 0 Å². The van der Waals surface area contributed by atoms with Crippen molar-refractivity contribution in [2.24, 2.45) is 22.6 Å². The van der Waals surface area contributed by atoms with Gasteiger partial charge in [0.2, 0.25) is 5.91 Å². The number of H-pyrrole nitrogens is 2. The van der Waals surface area contributed by atoms with Gasteiger partial charge >= 0.3 is 6.09 Å². The number of hydrogen-bond donors (Lipinski definition) is 5. The van der Waals surface area contributed by atoms with E-state index in [1.807, 2.05) is 17.3 Å². The summed E-state index contributed by atoms with van der Waals surface area (Å²) in [5.74, 6) is 2.19. The predicted molar refractivity (Wildman–Crippen MR) is 208 cm³/mol. The zero-order valence-corrected chi connectivity index (χ0v) is 31.7. The van der Waals surface area contributed by atoms with Gasteiger partial charge in [0.15, 0.2) is 11.6 Å². The molecule has 14 nitrogen and oxygen atoms in total. The van der Waals surface area contributed by atoms with E-state index in [0.29, 0.717) is 19.0 Å². The topological polar surface area (TPSA) is 187 Å². The normalized spacial score (nSPS) is 21.3. The van der Waals surface area contributed by atoms with Gasteiger partial charge in [-0.1, -0.05) is 62.4 Å². The molecule has 4 atom stereocenters. The van der Waals surface area contributed by atoms with Crippen molar-refractivity contribution in [2.75, 3.05) is 26.2 Å². The molecule has 4 aromatic rings. The number of guanidine groups is 1. The highest BCUT2D eigenvalue weighted by molar-refractivity contribution is 5.90. The summed E-state index contributed by atoms with van der Waals surface area (Å²) in [6.45, 7) is 8.58. The SMILES string of the molecule is CC(C)[C@@H](NC1=NCCN1)C(=O)N1CCC[C@H]1c1ncc(-c2ccc(-c3ccc(-c4cnc([C@@H]5CCCN5C(=O)[C@@](C)(OC(N)=O)C5CC5)[nH]4)cc3)cc2)[nH]1. The lowest BCUT2D eigenvalue weighted by molar-refractivity contribution is -0.153. The van der Waals surface area contributed by atoms with Crippen LogP contribution in [0.1, 0.15) is 83.0 Å². The minimum Gasteiger partial charge on any atom is -0.433 e. The third-order valence-electron chi connectivity index (χ3n) is 11.6. The Morgan fingerprint density at radius 1 is 0.818 bits per heavy atom. The van der Waals surface area contributed by atoms with Gasteiger partial charge in [0.25, 0.3) is 5.91 Å². The molecule has 6 N–H and O–H groups in total. The number of nitrogens with zero attached hydrogens (tertiary/aromatic N) is 5. The summed E-state index contributed by atoms with van der Waals surface area (Å²) in [6, 6.07) is 16.0. The number of carbonyl (C=O) groups is 3. The first-order valence-corrected chi connectivity index (χ1v) is 19.5. The van der Waals surface area contributed by atoms with E-state index < -0.39 is 11.7 Å². The van der Waals surface area contributed by atoms with Gasteiger partial charge in [-0.15, -0.1) is 0 Å². The summed E-state index contributed by atoms with van der Waals surface area (Å²) in [5.41, 5.74) is 10.1. The number of aromatic nitrogens is 4. The Bertz CT molecular complexity index is 2070. The molecule has 5 heterocycles. The first kappa shape index (κ1) is 36.3. The molecule has 2 aromatic heterocycles. The fourth-order valence-corrected chi connectivity index (χ4v) is 8.36. The maximum absolute atomic E-state index is 13.8. The molecule has 1 aliphatic carbocycles. The minimum absolute atomic E-state index is 0.0121. The Balaban J connectivity index is 0.918. The Morgan fingerprint density at radius 2 is 1.35 bits per heavy atom. The van der Waals surface area contributed by atoms with E-state index in [4.69, 9.17) is 15.5 Å². The lowest BCUT2D eigenvalue weighted by Gasteiger charge is -2.34. The number of nitrogens with two attached hydrogens (primary N) is 1. The largest absolute Gasteiger partial charge is 0.433 e. The van der Waals surface area contributed by atoms with Gasteiger partial charge < -0.3 is 40.9 Å². The summed E-state index contributed by atoms with van der Waals surface area (Å²) in [5, 5.41) is 6.56. The average molecular weight is 747 g/mol. The number of carbonyl (C=O) groups excluding carboxylic acids is 3. The van der Waals surface area contributed by atoms with Gasteiger partial charge in [-0.25, -0.2) is 14.8 Å². The molecule has 288 valence electrons. The number of aromatic amines is 2. The number of rotatable bonds is 11. The average Bonchev–Trinajstić information content (AvgIpc) is 3.81. The van der Waals surface area contributed by atoms with E-state index in [-0.39, 0.29) is 41.8 Å². The molecule has 3 fully saturated rings. The monoisotopic (exact) mass is 746 g/mol. The second-order valence-corrected chi connectivity index (χ2v) is 15.7. The number of ether oxygens (including phenoxy) is 1. The van der Waals surface area contributed by atoms with E-state index in [1.54, 1.807) is 11.8 Å². The number of nitrogens with one attached hydrogen (secondary N) is 4. The van der Waals surface area contributed by atoms with E-state index in [1.165, 1.54) is 0 Å². The maximum atomic E-state index is 13.8. The third-order valence-corrected chi connectivity index (χ3v) is 11.6. The van der Waals surface area contributed by atoms with Gasteiger partial charge in [0.05, 0.1) is 42.4 Å². The summed E-state index contributed by atoms with van der Waals surface area (Å²) < 4.78 is 5.43. The Labute approximate surface area is 320 Å². The van der Waals surface area contributed by atoms with Gasteiger partial charge in [0, 0.05) is 25.6 Å². The highest BCUT2D eigenvalue weighted by Crippen LogP contribution is 2.45. The number of imidazole rings is 2. The molecule has 8 rings (SSSR count). The quantitative estimate of drug-likeness (QED) is 0.137. The first-order chi connectivity index (χ1) is 26.6. The first-order valence-electron chi connectivity index (χ1n) is 19.5. The summed E-state index contributed by atoms with van der Waals surface area (Å²) in [6.07, 6.45) is 7.81. The highest BCUT2D eigenvalue weighted by Gasteiger charge is 2.54. The number of benzene rings is 2. The van der Waals surface area contributed by atoms with Crippen LogP contribution in [-0.2, 0) is 14.3 Å². The van der Waals surface area contributed by atoms with E-state index in [0.717, 1.165) is 96.9 Å². The van der Waals surface area contributed by atoms with Crippen molar-refractivity contribution in [3.8, 4) is 33.6 Å². The molecule has 3 aliphatic heterocycles. The molecule has 0 bridgehead atoms. The number of primary amides is 1. The van der Waals surface area contributed by atoms with E-state index in [2.05, 4.69) is 93.0 Å². The fourth-order valence-electron chi connectivity index (χ4n) is 8.36. The standard InChI is InChI=1S/C41H50N10O4/c1-24(2)34(49-40-43-18-19-44-40)37(52)50-20-4-6-32(50)35-45-22-30(47-35)27-12-8-25(9-13-27)26-10-14-28(15-11-26)31-23-46-36(48-31)33-7-5-21-51(33)38(53)41(3,29-16-17-29)55-39(42)54/h8-15,22-24,29,32-34H,4-7,16-21H2,1-3H3,(H2,42,54)(H,45,47)(H,46,48)(H2,43,44,49)/t32-,33-,34+,41-/m0/s1. The van der Waals surface area contributed by atoms with Crippen LogP contribution in [-0.4, -0.2) is 91.4 Å². The third kappa shape index (κ3) is 7.29. The second kappa shape index (κ2) is 14.9. The van der Waals surface area contributed by atoms with Crippen LogP contribution in [0.3, 0.4) is 0 Å². The summed E-state index contributed by atoms with van der Waals surface area (Å²) >= 11 is 0. The molecule has 0 spiro atoms. The Hall–Kier alpha value is -5.66. The van der Waals surface area contributed by atoms with Crippen LogP contribution >= 0.6 is 0 Å².